The van der Waals surface area contributed by atoms with E-state index in [0.717, 1.165) is 46.3 Å². The third-order valence-corrected chi connectivity index (χ3v) is 3.91. The van der Waals surface area contributed by atoms with Gasteiger partial charge in [-0.1, -0.05) is 24.3 Å². The summed E-state index contributed by atoms with van der Waals surface area (Å²) in [5.41, 5.74) is 5.50. The van der Waals surface area contributed by atoms with Gasteiger partial charge in [0, 0.05) is 36.6 Å². The lowest BCUT2D eigenvalue weighted by Crippen LogP contribution is -2.02. The smallest absolute Gasteiger partial charge is 0.221 e. The Morgan fingerprint density at radius 2 is 1.87 bits per heavy atom. The number of hydrogen-bond acceptors (Lipinski definition) is 4. The number of rotatable bonds is 4. The fraction of sp³-hybridized carbons (Fsp3) is 0.278. The summed E-state index contributed by atoms with van der Waals surface area (Å²) in [6.07, 6.45) is 1.91. The van der Waals surface area contributed by atoms with E-state index in [1.165, 1.54) is 0 Å². The second-order valence-electron chi connectivity index (χ2n) is 5.54. The fourth-order valence-corrected chi connectivity index (χ4v) is 2.59. The second-order valence-corrected chi connectivity index (χ2v) is 5.54. The minimum atomic E-state index is 0.752. The zero-order valence-electron chi connectivity index (χ0n) is 14.0. The van der Waals surface area contributed by atoms with Crippen LogP contribution in [0.4, 0.5) is 5.95 Å². The quantitative estimate of drug-likeness (QED) is 0.798. The Morgan fingerprint density at radius 1 is 1.09 bits per heavy atom. The molecule has 0 saturated carbocycles. The molecule has 0 radical (unpaired) electrons. The molecule has 1 N–H and O–H groups in total. The first-order valence-corrected chi connectivity index (χ1v) is 7.79. The molecule has 3 rings (SSSR count). The summed E-state index contributed by atoms with van der Waals surface area (Å²) in [7, 11) is 1.86. The number of aromatic nitrogens is 4. The van der Waals surface area contributed by atoms with E-state index in [2.05, 4.69) is 58.5 Å². The molecule has 2 aromatic heterocycles. The average Bonchev–Trinajstić information content (AvgIpc) is 2.98. The molecule has 0 atom stereocenters. The minimum absolute atomic E-state index is 0.752. The van der Waals surface area contributed by atoms with Crippen molar-refractivity contribution in [2.75, 3.05) is 12.4 Å². The maximum absolute atomic E-state index is 4.58. The van der Waals surface area contributed by atoms with Gasteiger partial charge in [0.25, 0.3) is 0 Å². The van der Waals surface area contributed by atoms with Crippen LogP contribution in [0.25, 0.3) is 22.5 Å². The Hall–Kier alpha value is -2.69. The molecule has 0 saturated heterocycles. The van der Waals surface area contributed by atoms with Crippen LogP contribution in [0.3, 0.4) is 0 Å². The Balaban J connectivity index is 1.99. The highest BCUT2D eigenvalue weighted by molar-refractivity contribution is 5.70. The standard InChI is InChI=1S/C18H21N5/c1-5-23-18(19-4)21-17(22-23)16-9-8-14(10-12(16)2)15-7-6-13(3)20-11-15/h6-11H,5H2,1-4H3,(H,19,21,22). The molecule has 0 amide bonds. The molecule has 0 unspecified atom stereocenters. The summed E-state index contributed by atoms with van der Waals surface area (Å²) in [5.74, 6) is 1.54. The first-order chi connectivity index (χ1) is 11.1. The molecule has 1 aromatic carbocycles. The Kier molecular flexibility index (Phi) is 4.10. The molecule has 5 nitrogen and oxygen atoms in total. The third-order valence-electron chi connectivity index (χ3n) is 3.91. The van der Waals surface area contributed by atoms with Crippen LogP contribution in [-0.2, 0) is 6.54 Å². The molecular weight excluding hydrogens is 286 g/mol. The van der Waals surface area contributed by atoms with Crippen LogP contribution in [0, 0.1) is 13.8 Å². The lowest BCUT2D eigenvalue weighted by atomic mass is 10.0. The van der Waals surface area contributed by atoms with Crippen molar-refractivity contribution in [2.45, 2.75) is 27.3 Å². The summed E-state index contributed by atoms with van der Waals surface area (Å²) in [5, 5.41) is 7.66. The van der Waals surface area contributed by atoms with Crippen LogP contribution in [0.15, 0.2) is 36.5 Å². The van der Waals surface area contributed by atoms with Crippen molar-refractivity contribution in [3.05, 3.63) is 47.8 Å². The maximum Gasteiger partial charge on any atom is 0.221 e. The van der Waals surface area contributed by atoms with E-state index >= 15 is 0 Å². The molecule has 0 aliphatic carbocycles. The van der Waals surface area contributed by atoms with E-state index in [4.69, 9.17) is 0 Å². The topological polar surface area (TPSA) is 55.6 Å². The van der Waals surface area contributed by atoms with Crippen LogP contribution in [0.5, 0.6) is 0 Å². The van der Waals surface area contributed by atoms with E-state index in [0.29, 0.717) is 0 Å². The van der Waals surface area contributed by atoms with E-state index in [-0.39, 0.29) is 0 Å². The Labute approximate surface area is 136 Å². The molecule has 118 valence electrons. The molecule has 23 heavy (non-hydrogen) atoms. The van der Waals surface area contributed by atoms with E-state index in [9.17, 15) is 0 Å². The van der Waals surface area contributed by atoms with E-state index < -0.39 is 0 Å². The summed E-state index contributed by atoms with van der Waals surface area (Å²) in [6.45, 7) is 6.92. The SMILES string of the molecule is CCn1nc(-c2ccc(-c3ccc(C)nc3)cc2C)nc1NC. The number of benzene rings is 1. The minimum Gasteiger partial charge on any atom is -0.357 e. The highest BCUT2D eigenvalue weighted by Crippen LogP contribution is 2.27. The van der Waals surface area contributed by atoms with Gasteiger partial charge in [-0.25, -0.2) is 4.68 Å². The van der Waals surface area contributed by atoms with Crippen molar-refractivity contribution in [1.29, 1.82) is 0 Å². The summed E-state index contributed by atoms with van der Waals surface area (Å²) in [4.78, 5) is 8.94. The monoisotopic (exact) mass is 307 g/mol. The van der Waals surface area contributed by atoms with Gasteiger partial charge in [-0.05, 0) is 38.0 Å². The lowest BCUT2D eigenvalue weighted by molar-refractivity contribution is 0.667. The van der Waals surface area contributed by atoms with Crippen molar-refractivity contribution in [1.82, 2.24) is 19.7 Å². The molecule has 0 spiro atoms. The zero-order chi connectivity index (χ0) is 16.4. The zero-order valence-corrected chi connectivity index (χ0v) is 14.0. The van der Waals surface area contributed by atoms with E-state index in [1.807, 2.05) is 30.9 Å². The van der Waals surface area contributed by atoms with Crippen LogP contribution in [0.2, 0.25) is 0 Å². The normalized spacial score (nSPS) is 10.8. The van der Waals surface area contributed by atoms with Crippen molar-refractivity contribution in [3.8, 4) is 22.5 Å². The van der Waals surface area contributed by atoms with Gasteiger partial charge in [-0.15, -0.1) is 5.10 Å². The van der Waals surface area contributed by atoms with Gasteiger partial charge in [0.2, 0.25) is 5.95 Å². The van der Waals surface area contributed by atoms with Crippen molar-refractivity contribution < 1.29 is 0 Å². The fourth-order valence-electron chi connectivity index (χ4n) is 2.59. The Bertz CT molecular complexity index is 796. The van der Waals surface area contributed by atoms with E-state index in [1.54, 1.807) is 0 Å². The van der Waals surface area contributed by atoms with Gasteiger partial charge in [0.15, 0.2) is 5.82 Å². The summed E-state index contributed by atoms with van der Waals surface area (Å²) < 4.78 is 1.87. The summed E-state index contributed by atoms with van der Waals surface area (Å²) in [6, 6.07) is 10.5. The number of pyridine rings is 1. The number of nitrogens with one attached hydrogen (secondary N) is 1. The number of anilines is 1. The molecule has 2 heterocycles. The number of hydrogen-bond donors (Lipinski definition) is 1. The lowest BCUT2D eigenvalue weighted by Gasteiger charge is -2.06. The number of aryl methyl sites for hydroxylation is 3. The van der Waals surface area contributed by atoms with Gasteiger partial charge in [-0.2, -0.15) is 4.98 Å². The first kappa shape index (κ1) is 15.2. The van der Waals surface area contributed by atoms with Crippen LogP contribution in [-0.4, -0.2) is 26.8 Å². The molecule has 0 aliphatic heterocycles. The molecule has 0 aliphatic rings. The summed E-state index contributed by atoms with van der Waals surface area (Å²) >= 11 is 0. The second kappa shape index (κ2) is 6.20. The first-order valence-electron chi connectivity index (χ1n) is 7.79. The van der Waals surface area contributed by atoms with Crippen LogP contribution >= 0.6 is 0 Å². The molecule has 0 bridgehead atoms. The van der Waals surface area contributed by atoms with Gasteiger partial charge in [-0.3, -0.25) is 4.98 Å². The van der Waals surface area contributed by atoms with Crippen molar-refractivity contribution >= 4 is 5.95 Å². The maximum atomic E-state index is 4.58. The largest absolute Gasteiger partial charge is 0.357 e. The molecule has 0 fully saturated rings. The predicted octanol–water partition coefficient (Wildman–Crippen LogP) is 3.69. The van der Waals surface area contributed by atoms with Crippen molar-refractivity contribution in [3.63, 3.8) is 0 Å². The predicted molar refractivity (Wildman–Crippen MR) is 93.4 cm³/mol. The molecular formula is C18H21N5. The molecule has 3 aromatic rings. The van der Waals surface area contributed by atoms with Gasteiger partial charge in [0.05, 0.1) is 0 Å². The van der Waals surface area contributed by atoms with Crippen molar-refractivity contribution in [2.24, 2.45) is 0 Å². The van der Waals surface area contributed by atoms with Crippen LogP contribution < -0.4 is 5.32 Å². The van der Waals surface area contributed by atoms with Gasteiger partial charge >= 0.3 is 0 Å². The average molecular weight is 307 g/mol. The third kappa shape index (κ3) is 2.95. The highest BCUT2D eigenvalue weighted by atomic mass is 15.4. The molecule has 5 heteroatoms. The van der Waals surface area contributed by atoms with Gasteiger partial charge in [0.1, 0.15) is 0 Å². The van der Waals surface area contributed by atoms with Gasteiger partial charge < -0.3 is 5.32 Å². The van der Waals surface area contributed by atoms with Crippen LogP contribution in [0.1, 0.15) is 18.2 Å². The Morgan fingerprint density at radius 3 is 2.43 bits per heavy atom. The number of nitrogens with zero attached hydrogens (tertiary/aromatic N) is 4. The highest BCUT2D eigenvalue weighted by Gasteiger charge is 2.12.